The fraction of sp³-hybridized carbons (Fsp3) is 0.455. The van der Waals surface area contributed by atoms with Gasteiger partial charge in [-0.05, 0) is 23.9 Å². The third-order valence-electron chi connectivity index (χ3n) is 5.96. The van der Waals surface area contributed by atoms with E-state index in [9.17, 15) is 4.79 Å². The van der Waals surface area contributed by atoms with Crippen LogP contribution in [0.5, 0.6) is 0 Å². The zero-order valence-corrected chi connectivity index (χ0v) is 19.3. The molecule has 2 N–H and O–H groups in total. The van der Waals surface area contributed by atoms with Crippen molar-refractivity contribution in [1.82, 2.24) is 29.5 Å². The van der Waals surface area contributed by atoms with Gasteiger partial charge in [0, 0.05) is 45.0 Å². The standard InChI is InChI=1S/C22H28N8O2S/c1-2-19(31)29-5-3-16(14-29)24-21-20-18(4-12-33-20)26-22(27-21)25-17-13-23-30(15-17)7-6-28-8-10-32-11-9-28/h2,4,12-13,15-16H,1,3,5-11,14H2,(H2,24,25,26,27)/t16-/m1/s1. The summed E-state index contributed by atoms with van der Waals surface area (Å²) in [5, 5.41) is 13.3. The number of likely N-dealkylation sites (tertiary alicyclic amines) is 1. The molecule has 2 fully saturated rings. The third kappa shape index (κ3) is 5.15. The molecule has 3 aromatic heterocycles. The van der Waals surface area contributed by atoms with Crippen LogP contribution in [-0.4, -0.2) is 87.4 Å². The monoisotopic (exact) mass is 468 g/mol. The van der Waals surface area contributed by atoms with E-state index in [4.69, 9.17) is 9.72 Å². The molecule has 2 aliphatic rings. The van der Waals surface area contributed by atoms with Gasteiger partial charge in [-0.1, -0.05) is 6.58 Å². The van der Waals surface area contributed by atoms with E-state index in [0.29, 0.717) is 12.5 Å². The van der Waals surface area contributed by atoms with Gasteiger partial charge in [0.05, 0.1) is 41.9 Å². The zero-order chi connectivity index (χ0) is 22.6. The van der Waals surface area contributed by atoms with E-state index in [-0.39, 0.29) is 11.9 Å². The van der Waals surface area contributed by atoms with Crippen molar-refractivity contribution in [2.45, 2.75) is 19.0 Å². The summed E-state index contributed by atoms with van der Waals surface area (Å²) in [4.78, 5) is 25.5. The average molecular weight is 469 g/mol. The number of nitrogens with zero attached hydrogens (tertiary/aromatic N) is 6. The van der Waals surface area contributed by atoms with E-state index in [2.05, 4.69) is 32.2 Å². The zero-order valence-electron chi connectivity index (χ0n) is 18.4. The molecule has 3 aromatic rings. The Balaban J connectivity index is 1.25. The molecule has 33 heavy (non-hydrogen) atoms. The molecule has 0 aromatic carbocycles. The first-order valence-corrected chi connectivity index (χ1v) is 12.1. The Morgan fingerprint density at radius 2 is 2.15 bits per heavy atom. The van der Waals surface area contributed by atoms with Gasteiger partial charge in [-0.3, -0.25) is 14.4 Å². The van der Waals surface area contributed by atoms with Crippen LogP contribution in [-0.2, 0) is 16.1 Å². The fourth-order valence-corrected chi connectivity index (χ4v) is 4.95. The second-order valence-corrected chi connectivity index (χ2v) is 9.14. The van der Waals surface area contributed by atoms with Crippen molar-refractivity contribution in [3.05, 3.63) is 36.5 Å². The van der Waals surface area contributed by atoms with Gasteiger partial charge in [0.15, 0.2) is 0 Å². The maximum Gasteiger partial charge on any atom is 0.246 e. The molecule has 0 spiro atoms. The first-order chi connectivity index (χ1) is 16.2. The van der Waals surface area contributed by atoms with Crippen molar-refractivity contribution >= 4 is 44.9 Å². The number of anilines is 3. The van der Waals surface area contributed by atoms with E-state index < -0.39 is 0 Å². The molecule has 5 heterocycles. The Bertz CT molecular complexity index is 1120. The quantitative estimate of drug-likeness (QED) is 0.485. The summed E-state index contributed by atoms with van der Waals surface area (Å²) in [5.74, 6) is 1.28. The van der Waals surface area contributed by atoms with Crippen LogP contribution in [0.2, 0.25) is 0 Å². The number of carbonyl (C=O) groups is 1. The molecule has 1 amide bonds. The highest BCUT2D eigenvalue weighted by Crippen LogP contribution is 2.29. The van der Waals surface area contributed by atoms with Crippen molar-refractivity contribution in [1.29, 1.82) is 0 Å². The van der Waals surface area contributed by atoms with Crippen molar-refractivity contribution in [2.75, 3.05) is 56.6 Å². The molecule has 1 atom stereocenters. The number of amides is 1. The van der Waals surface area contributed by atoms with E-state index in [1.807, 2.05) is 27.2 Å². The lowest BCUT2D eigenvalue weighted by molar-refractivity contribution is -0.125. The molecule has 174 valence electrons. The first-order valence-electron chi connectivity index (χ1n) is 11.2. The largest absolute Gasteiger partial charge is 0.379 e. The number of morpholine rings is 1. The Morgan fingerprint density at radius 3 is 3.00 bits per heavy atom. The van der Waals surface area contributed by atoms with Gasteiger partial charge in [-0.2, -0.15) is 10.1 Å². The molecule has 0 radical (unpaired) electrons. The number of fused-ring (bicyclic) bond motifs is 1. The molecule has 2 aliphatic heterocycles. The number of carbonyl (C=O) groups excluding carboxylic acids is 1. The Hall–Kier alpha value is -3.02. The lowest BCUT2D eigenvalue weighted by atomic mass is 10.2. The number of hydrogen-bond acceptors (Lipinski definition) is 9. The van der Waals surface area contributed by atoms with Crippen LogP contribution in [0.15, 0.2) is 36.5 Å². The summed E-state index contributed by atoms with van der Waals surface area (Å²) in [6.45, 7) is 10.2. The maximum absolute atomic E-state index is 11.9. The number of thiophene rings is 1. The van der Waals surface area contributed by atoms with Gasteiger partial charge in [-0.25, -0.2) is 4.98 Å². The second-order valence-electron chi connectivity index (χ2n) is 8.22. The first kappa shape index (κ1) is 21.8. The molecular weight excluding hydrogens is 440 g/mol. The van der Waals surface area contributed by atoms with Crippen LogP contribution in [0.3, 0.4) is 0 Å². The van der Waals surface area contributed by atoms with Gasteiger partial charge < -0.3 is 20.3 Å². The molecular formula is C22H28N8O2S. The van der Waals surface area contributed by atoms with Crippen molar-refractivity contribution in [2.24, 2.45) is 0 Å². The van der Waals surface area contributed by atoms with Gasteiger partial charge >= 0.3 is 0 Å². The number of ether oxygens (including phenoxy) is 1. The summed E-state index contributed by atoms with van der Waals surface area (Å²) in [5.41, 5.74) is 1.73. The van der Waals surface area contributed by atoms with Gasteiger partial charge in [0.25, 0.3) is 0 Å². The summed E-state index contributed by atoms with van der Waals surface area (Å²) < 4.78 is 8.35. The molecule has 5 rings (SSSR count). The number of hydrogen-bond donors (Lipinski definition) is 2. The van der Waals surface area contributed by atoms with Crippen LogP contribution in [0.1, 0.15) is 6.42 Å². The van der Waals surface area contributed by atoms with Crippen molar-refractivity contribution in [3.63, 3.8) is 0 Å². The summed E-state index contributed by atoms with van der Waals surface area (Å²) >= 11 is 1.61. The Kier molecular flexibility index (Phi) is 6.51. The lowest BCUT2D eigenvalue weighted by Gasteiger charge is -2.26. The van der Waals surface area contributed by atoms with Crippen LogP contribution >= 0.6 is 11.3 Å². The highest BCUT2D eigenvalue weighted by atomic mass is 32.1. The van der Waals surface area contributed by atoms with Gasteiger partial charge in [0.2, 0.25) is 11.9 Å². The predicted octanol–water partition coefficient (Wildman–Crippen LogP) is 2.16. The molecule has 10 nitrogen and oxygen atoms in total. The Labute approximate surface area is 196 Å². The van der Waals surface area contributed by atoms with Crippen molar-refractivity contribution in [3.8, 4) is 0 Å². The lowest BCUT2D eigenvalue weighted by Crippen LogP contribution is -2.38. The van der Waals surface area contributed by atoms with Crippen LogP contribution in [0.25, 0.3) is 10.2 Å². The second kappa shape index (κ2) is 9.86. The molecule has 0 aliphatic carbocycles. The average Bonchev–Trinajstić information content (AvgIpc) is 3.59. The molecule has 0 unspecified atom stereocenters. The molecule has 11 heteroatoms. The maximum atomic E-state index is 11.9. The minimum absolute atomic E-state index is 0.0313. The van der Waals surface area contributed by atoms with Crippen LogP contribution in [0.4, 0.5) is 17.5 Å². The fourth-order valence-electron chi connectivity index (χ4n) is 4.17. The Morgan fingerprint density at radius 1 is 1.27 bits per heavy atom. The topological polar surface area (TPSA) is 100 Å². The van der Waals surface area contributed by atoms with Crippen molar-refractivity contribution < 1.29 is 9.53 Å². The predicted molar refractivity (Wildman–Crippen MR) is 129 cm³/mol. The van der Waals surface area contributed by atoms with Crippen LogP contribution < -0.4 is 10.6 Å². The van der Waals surface area contributed by atoms with Gasteiger partial charge in [0.1, 0.15) is 5.82 Å². The third-order valence-corrected chi connectivity index (χ3v) is 6.87. The van der Waals surface area contributed by atoms with E-state index in [1.54, 1.807) is 17.5 Å². The number of aromatic nitrogens is 4. The minimum atomic E-state index is -0.0313. The summed E-state index contributed by atoms with van der Waals surface area (Å²) in [6.07, 6.45) is 6.01. The normalized spacial score (nSPS) is 19.2. The van der Waals surface area contributed by atoms with Gasteiger partial charge in [-0.15, -0.1) is 11.3 Å². The number of rotatable bonds is 8. The minimum Gasteiger partial charge on any atom is -0.379 e. The highest BCUT2D eigenvalue weighted by Gasteiger charge is 2.26. The molecule has 0 bridgehead atoms. The molecule has 0 saturated carbocycles. The SMILES string of the molecule is C=CC(=O)N1CC[C@@H](Nc2nc(Nc3cnn(CCN4CCOCC4)c3)nc3ccsc23)C1. The summed E-state index contributed by atoms with van der Waals surface area (Å²) in [7, 11) is 0. The highest BCUT2D eigenvalue weighted by molar-refractivity contribution is 7.17. The smallest absolute Gasteiger partial charge is 0.246 e. The van der Waals surface area contributed by atoms with E-state index in [1.165, 1.54) is 6.08 Å². The van der Waals surface area contributed by atoms with Crippen LogP contribution in [0, 0.1) is 0 Å². The number of nitrogens with one attached hydrogen (secondary N) is 2. The van der Waals surface area contributed by atoms with E-state index in [0.717, 1.165) is 74.1 Å². The summed E-state index contributed by atoms with van der Waals surface area (Å²) in [6, 6.07) is 2.14. The molecule has 2 saturated heterocycles. The van der Waals surface area contributed by atoms with E-state index >= 15 is 0 Å².